The third kappa shape index (κ3) is 7.03. The molecule has 2 heterocycles. The lowest BCUT2D eigenvalue weighted by Crippen LogP contribution is -2.15. The van der Waals surface area contributed by atoms with E-state index in [-0.39, 0.29) is 24.6 Å². The molecule has 0 aliphatic heterocycles. The van der Waals surface area contributed by atoms with Crippen molar-refractivity contribution in [3.05, 3.63) is 70.9 Å². The number of aromatic nitrogens is 3. The van der Waals surface area contributed by atoms with E-state index in [0.717, 1.165) is 6.07 Å². The van der Waals surface area contributed by atoms with Crippen molar-refractivity contribution in [1.82, 2.24) is 14.8 Å². The zero-order valence-corrected chi connectivity index (χ0v) is 17.5. The van der Waals surface area contributed by atoms with Gasteiger partial charge in [-0.1, -0.05) is 12.1 Å². The number of halogens is 4. The van der Waals surface area contributed by atoms with Crippen molar-refractivity contribution >= 4 is 11.7 Å². The van der Waals surface area contributed by atoms with Gasteiger partial charge in [0.25, 0.3) is 0 Å². The van der Waals surface area contributed by atoms with Gasteiger partial charge >= 0.3 is 6.18 Å². The molecule has 0 unspecified atom stereocenters. The van der Waals surface area contributed by atoms with Crippen LogP contribution in [0.15, 0.2) is 42.6 Å². The molecule has 0 atom stereocenters. The highest BCUT2D eigenvalue weighted by Gasteiger charge is 2.26. The molecule has 1 aromatic carbocycles. The van der Waals surface area contributed by atoms with Crippen molar-refractivity contribution in [1.29, 1.82) is 5.26 Å². The van der Waals surface area contributed by atoms with Crippen LogP contribution in [0.25, 0.3) is 0 Å². The van der Waals surface area contributed by atoms with E-state index in [4.69, 9.17) is 10.00 Å². The Labute approximate surface area is 186 Å². The van der Waals surface area contributed by atoms with Crippen LogP contribution in [0, 0.1) is 24.1 Å². The molecule has 1 N–H and O–H groups in total. The normalized spacial score (nSPS) is 11.2. The SMILES string of the molecule is Cc1cc(CC(=O)Nc2ccn(Cc3ccc(F)c(C#N)n3)n2)ccc1OCCC(F)(F)F. The Morgan fingerprint density at radius 3 is 2.73 bits per heavy atom. The molecule has 0 saturated carbocycles. The maximum Gasteiger partial charge on any atom is 0.392 e. The van der Waals surface area contributed by atoms with Crippen LogP contribution in [0.5, 0.6) is 5.75 Å². The summed E-state index contributed by atoms with van der Waals surface area (Å²) < 4.78 is 56.7. The summed E-state index contributed by atoms with van der Waals surface area (Å²) in [5.74, 6) is -0.412. The Morgan fingerprint density at radius 1 is 1.24 bits per heavy atom. The van der Waals surface area contributed by atoms with Gasteiger partial charge in [-0.05, 0) is 36.2 Å². The van der Waals surface area contributed by atoms with Crippen LogP contribution in [0.3, 0.4) is 0 Å². The van der Waals surface area contributed by atoms with Crippen molar-refractivity contribution in [2.45, 2.75) is 32.5 Å². The number of ether oxygens (including phenoxy) is 1. The fourth-order valence-electron chi connectivity index (χ4n) is 2.96. The molecular formula is C22H19F4N5O2. The van der Waals surface area contributed by atoms with E-state index in [1.54, 1.807) is 37.4 Å². The zero-order chi connectivity index (χ0) is 24.0. The number of hydrogen-bond acceptors (Lipinski definition) is 5. The summed E-state index contributed by atoms with van der Waals surface area (Å²) in [6, 6.07) is 10.7. The number of pyridine rings is 1. The van der Waals surface area contributed by atoms with E-state index < -0.39 is 25.0 Å². The number of amides is 1. The lowest BCUT2D eigenvalue weighted by molar-refractivity contribution is -0.139. The number of nitriles is 1. The minimum Gasteiger partial charge on any atom is -0.493 e. The number of aryl methyl sites for hydroxylation is 1. The minimum absolute atomic E-state index is 0.0293. The first kappa shape index (κ1) is 23.7. The van der Waals surface area contributed by atoms with E-state index in [2.05, 4.69) is 15.4 Å². The minimum atomic E-state index is -4.28. The summed E-state index contributed by atoms with van der Waals surface area (Å²) in [6.45, 7) is 1.39. The molecule has 1 amide bonds. The third-order valence-electron chi connectivity index (χ3n) is 4.49. The second-order valence-electron chi connectivity index (χ2n) is 7.18. The van der Waals surface area contributed by atoms with Gasteiger partial charge in [0.1, 0.15) is 11.8 Å². The first-order valence-electron chi connectivity index (χ1n) is 9.81. The standard InChI is InChI=1S/C22H19F4N5O2/c1-14-10-15(2-5-19(14)33-9-7-22(24,25)26)11-21(32)29-20-6-8-31(30-20)13-16-3-4-17(23)18(12-27)28-16/h2-6,8,10H,7,9,11,13H2,1H3,(H,29,30,32). The molecule has 0 spiro atoms. The van der Waals surface area contributed by atoms with Crippen molar-refractivity contribution in [3.8, 4) is 11.8 Å². The Hall–Kier alpha value is -3.94. The predicted octanol–water partition coefficient (Wildman–Crippen LogP) is 4.16. The van der Waals surface area contributed by atoms with Gasteiger partial charge in [-0.15, -0.1) is 0 Å². The number of rotatable bonds is 8. The van der Waals surface area contributed by atoms with Gasteiger partial charge in [-0.2, -0.15) is 23.5 Å². The number of carbonyl (C=O) groups excluding carboxylic acids is 1. The summed E-state index contributed by atoms with van der Waals surface area (Å²) in [6.07, 6.45) is -3.69. The second kappa shape index (κ2) is 10.1. The van der Waals surface area contributed by atoms with Gasteiger partial charge in [0.15, 0.2) is 17.3 Å². The average molecular weight is 461 g/mol. The number of nitrogens with zero attached hydrogens (tertiary/aromatic N) is 4. The number of benzene rings is 1. The maximum absolute atomic E-state index is 13.4. The van der Waals surface area contributed by atoms with Gasteiger partial charge in [-0.25, -0.2) is 9.37 Å². The van der Waals surface area contributed by atoms with Crippen LogP contribution in [0.1, 0.15) is 28.9 Å². The van der Waals surface area contributed by atoms with E-state index in [9.17, 15) is 22.4 Å². The highest BCUT2D eigenvalue weighted by Crippen LogP contribution is 2.23. The molecule has 3 rings (SSSR count). The molecule has 0 aliphatic carbocycles. The lowest BCUT2D eigenvalue weighted by Gasteiger charge is -2.12. The van der Waals surface area contributed by atoms with Crippen molar-refractivity contribution in [3.63, 3.8) is 0 Å². The monoisotopic (exact) mass is 461 g/mol. The molecular weight excluding hydrogens is 442 g/mol. The van der Waals surface area contributed by atoms with Gasteiger partial charge < -0.3 is 10.1 Å². The van der Waals surface area contributed by atoms with Crippen LogP contribution in [-0.4, -0.2) is 33.5 Å². The predicted molar refractivity (Wildman–Crippen MR) is 110 cm³/mol. The summed E-state index contributed by atoms with van der Waals surface area (Å²) in [5, 5.41) is 15.7. The largest absolute Gasteiger partial charge is 0.493 e. The van der Waals surface area contributed by atoms with E-state index in [1.165, 1.54) is 16.8 Å². The second-order valence-corrected chi connectivity index (χ2v) is 7.18. The molecule has 172 valence electrons. The topological polar surface area (TPSA) is 92.8 Å². The molecule has 3 aromatic rings. The molecule has 33 heavy (non-hydrogen) atoms. The fourth-order valence-corrected chi connectivity index (χ4v) is 2.96. The average Bonchev–Trinajstić information content (AvgIpc) is 3.16. The zero-order valence-electron chi connectivity index (χ0n) is 17.5. The quantitative estimate of drug-likeness (QED) is 0.509. The third-order valence-corrected chi connectivity index (χ3v) is 4.49. The Kier molecular flexibility index (Phi) is 7.27. The van der Waals surface area contributed by atoms with Gasteiger partial charge in [0.2, 0.25) is 5.91 Å². The molecule has 0 fully saturated rings. The van der Waals surface area contributed by atoms with Crippen LogP contribution in [0.4, 0.5) is 23.4 Å². The molecule has 2 aromatic heterocycles. The van der Waals surface area contributed by atoms with E-state index in [0.29, 0.717) is 28.4 Å². The highest BCUT2D eigenvalue weighted by atomic mass is 19.4. The number of alkyl halides is 3. The van der Waals surface area contributed by atoms with Gasteiger partial charge in [-0.3, -0.25) is 9.48 Å². The van der Waals surface area contributed by atoms with Crippen LogP contribution < -0.4 is 10.1 Å². The smallest absolute Gasteiger partial charge is 0.392 e. The first-order chi connectivity index (χ1) is 15.6. The Bertz CT molecular complexity index is 1180. The summed E-state index contributed by atoms with van der Waals surface area (Å²) in [4.78, 5) is 16.3. The fraction of sp³-hybridized carbons (Fsp3) is 0.273. The summed E-state index contributed by atoms with van der Waals surface area (Å²) in [7, 11) is 0. The van der Waals surface area contributed by atoms with E-state index >= 15 is 0 Å². The van der Waals surface area contributed by atoms with Crippen LogP contribution in [0.2, 0.25) is 0 Å². The number of hydrogen-bond donors (Lipinski definition) is 1. The summed E-state index contributed by atoms with van der Waals surface area (Å²) >= 11 is 0. The highest BCUT2D eigenvalue weighted by molar-refractivity contribution is 5.91. The number of anilines is 1. The number of carbonyl (C=O) groups is 1. The molecule has 7 nitrogen and oxygen atoms in total. The van der Waals surface area contributed by atoms with Crippen molar-refractivity contribution in [2.24, 2.45) is 0 Å². The lowest BCUT2D eigenvalue weighted by atomic mass is 10.1. The summed E-state index contributed by atoms with van der Waals surface area (Å²) in [5.41, 5.74) is 1.41. The Balaban J connectivity index is 1.54. The molecule has 0 bridgehead atoms. The van der Waals surface area contributed by atoms with Gasteiger partial charge in [0.05, 0.1) is 31.7 Å². The molecule has 0 aliphatic rings. The number of nitrogens with one attached hydrogen (secondary N) is 1. The molecule has 0 saturated heterocycles. The maximum atomic E-state index is 13.4. The molecule has 11 heteroatoms. The first-order valence-corrected chi connectivity index (χ1v) is 9.81. The van der Waals surface area contributed by atoms with E-state index in [1.807, 2.05) is 0 Å². The van der Waals surface area contributed by atoms with Crippen LogP contribution >= 0.6 is 0 Å². The Morgan fingerprint density at radius 2 is 2.03 bits per heavy atom. The molecule has 0 radical (unpaired) electrons. The van der Waals surface area contributed by atoms with Crippen LogP contribution in [-0.2, 0) is 17.8 Å². The van der Waals surface area contributed by atoms with Gasteiger partial charge in [0, 0.05) is 12.3 Å². The van der Waals surface area contributed by atoms with Crippen molar-refractivity contribution < 1.29 is 27.1 Å². The van der Waals surface area contributed by atoms with Crippen molar-refractivity contribution in [2.75, 3.05) is 11.9 Å².